The first-order valence-corrected chi connectivity index (χ1v) is 8.01. The SMILES string of the molecule is N/C(=N/O)C1(C(=O)N(Cc2ccccc2)Cc2ccccc2)CC1. The van der Waals surface area contributed by atoms with E-state index in [9.17, 15) is 4.79 Å². The summed E-state index contributed by atoms with van der Waals surface area (Å²) in [6, 6.07) is 19.7. The van der Waals surface area contributed by atoms with Crippen molar-refractivity contribution in [1.29, 1.82) is 0 Å². The van der Waals surface area contributed by atoms with Crippen LogP contribution in [-0.2, 0) is 17.9 Å². The molecule has 5 nitrogen and oxygen atoms in total. The Bertz CT molecular complexity index is 683. The molecule has 1 amide bonds. The van der Waals surface area contributed by atoms with Crippen LogP contribution in [0.25, 0.3) is 0 Å². The van der Waals surface area contributed by atoms with E-state index in [0.29, 0.717) is 25.9 Å². The Balaban J connectivity index is 1.86. The quantitative estimate of drug-likeness (QED) is 0.371. The van der Waals surface area contributed by atoms with Crippen LogP contribution in [0.2, 0.25) is 0 Å². The number of oxime groups is 1. The molecule has 3 rings (SSSR count). The third-order valence-electron chi connectivity index (χ3n) is 4.48. The summed E-state index contributed by atoms with van der Waals surface area (Å²) in [7, 11) is 0. The average molecular weight is 323 g/mol. The molecule has 1 aliphatic rings. The van der Waals surface area contributed by atoms with Gasteiger partial charge in [-0.3, -0.25) is 4.79 Å². The lowest BCUT2D eigenvalue weighted by molar-refractivity contribution is -0.135. The van der Waals surface area contributed by atoms with E-state index in [1.165, 1.54) is 0 Å². The summed E-state index contributed by atoms with van der Waals surface area (Å²) >= 11 is 0. The third kappa shape index (κ3) is 3.25. The van der Waals surface area contributed by atoms with Gasteiger partial charge in [0.05, 0.1) is 0 Å². The smallest absolute Gasteiger partial charge is 0.237 e. The van der Waals surface area contributed by atoms with Crippen LogP contribution in [-0.4, -0.2) is 21.8 Å². The van der Waals surface area contributed by atoms with Crippen LogP contribution < -0.4 is 5.73 Å². The topological polar surface area (TPSA) is 78.9 Å². The minimum absolute atomic E-state index is 0.0126. The fourth-order valence-electron chi connectivity index (χ4n) is 2.91. The number of hydrogen-bond acceptors (Lipinski definition) is 3. The van der Waals surface area contributed by atoms with Crippen LogP contribution in [0, 0.1) is 5.41 Å². The van der Waals surface area contributed by atoms with Gasteiger partial charge in [0.25, 0.3) is 0 Å². The minimum Gasteiger partial charge on any atom is -0.409 e. The van der Waals surface area contributed by atoms with Crippen molar-refractivity contribution < 1.29 is 10.0 Å². The first-order valence-electron chi connectivity index (χ1n) is 8.01. The van der Waals surface area contributed by atoms with Crippen LogP contribution in [0.3, 0.4) is 0 Å². The summed E-state index contributed by atoms with van der Waals surface area (Å²) < 4.78 is 0. The van der Waals surface area contributed by atoms with Crippen molar-refractivity contribution in [3.05, 3.63) is 71.8 Å². The van der Waals surface area contributed by atoms with Crippen molar-refractivity contribution in [3.8, 4) is 0 Å². The Morgan fingerprint density at radius 1 is 1.00 bits per heavy atom. The summed E-state index contributed by atoms with van der Waals surface area (Å²) in [5, 5.41) is 12.1. The number of benzene rings is 2. The summed E-state index contributed by atoms with van der Waals surface area (Å²) in [6.07, 6.45) is 1.25. The number of amidine groups is 1. The highest BCUT2D eigenvalue weighted by Crippen LogP contribution is 2.47. The maximum atomic E-state index is 13.1. The summed E-state index contributed by atoms with van der Waals surface area (Å²) in [4.78, 5) is 14.9. The van der Waals surface area contributed by atoms with Gasteiger partial charge in [-0.05, 0) is 24.0 Å². The molecule has 0 aliphatic heterocycles. The first-order chi connectivity index (χ1) is 11.7. The maximum Gasteiger partial charge on any atom is 0.237 e. The van der Waals surface area contributed by atoms with Gasteiger partial charge in [0.1, 0.15) is 5.41 Å². The van der Waals surface area contributed by atoms with Gasteiger partial charge in [-0.1, -0.05) is 65.8 Å². The van der Waals surface area contributed by atoms with Crippen LogP contribution in [0.1, 0.15) is 24.0 Å². The molecule has 1 saturated carbocycles. The fraction of sp³-hybridized carbons (Fsp3) is 0.263. The van der Waals surface area contributed by atoms with E-state index >= 15 is 0 Å². The number of nitrogens with two attached hydrogens (primary N) is 1. The van der Waals surface area contributed by atoms with E-state index in [1.54, 1.807) is 4.90 Å². The number of hydrogen-bond donors (Lipinski definition) is 2. The molecule has 5 heteroatoms. The van der Waals surface area contributed by atoms with Crippen LogP contribution in [0.4, 0.5) is 0 Å². The monoisotopic (exact) mass is 323 g/mol. The lowest BCUT2D eigenvalue weighted by Gasteiger charge is -2.27. The maximum absolute atomic E-state index is 13.1. The van der Waals surface area contributed by atoms with Crippen molar-refractivity contribution >= 4 is 11.7 Å². The van der Waals surface area contributed by atoms with E-state index in [4.69, 9.17) is 10.9 Å². The zero-order valence-electron chi connectivity index (χ0n) is 13.4. The molecule has 0 aromatic heterocycles. The molecular weight excluding hydrogens is 302 g/mol. The van der Waals surface area contributed by atoms with Crippen LogP contribution in [0.5, 0.6) is 0 Å². The molecule has 0 bridgehead atoms. The van der Waals surface area contributed by atoms with Gasteiger partial charge in [0.15, 0.2) is 5.84 Å². The second-order valence-corrected chi connectivity index (χ2v) is 6.20. The van der Waals surface area contributed by atoms with Gasteiger partial charge in [0.2, 0.25) is 5.91 Å². The van der Waals surface area contributed by atoms with Gasteiger partial charge in [0, 0.05) is 13.1 Å². The summed E-state index contributed by atoms with van der Waals surface area (Å²) in [5.74, 6) is -0.0656. The zero-order valence-corrected chi connectivity index (χ0v) is 13.4. The summed E-state index contributed by atoms with van der Waals surface area (Å²) in [5.41, 5.74) is 7.06. The lowest BCUT2D eigenvalue weighted by atomic mass is 10.0. The highest BCUT2D eigenvalue weighted by atomic mass is 16.4. The predicted octanol–water partition coefficient (Wildman–Crippen LogP) is 2.74. The molecule has 0 unspecified atom stereocenters. The molecule has 0 spiro atoms. The summed E-state index contributed by atoms with van der Waals surface area (Å²) in [6.45, 7) is 0.990. The first kappa shape index (κ1) is 16.1. The average Bonchev–Trinajstić information content (AvgIpc) is 3.43. The van der Waals surface area contributed by atoms with E-state index in [2.05, 4.69) is 5.16 Å². The molecule has 0 saturated heterocycles. The second kappa shape index (κ2) is 6.74. The predicted molar refractivity (Wildman–Crippen MR) is 92.2 cm³/mol. The Hall–Kier alpha value is -2.82. The van der Waals surface area contributed by atoms with Crippen molar-refractivity contribution in [2.75, 3.05) is 0 Å². The molecule has 1 aliphatic carbocycles. The van der Waals surface area contributed by atoms with E-state index in [-0.39, 0.29) is 11.7 Å². The van der Waals surface area contributed by atoms with Crippen molar-refractivity contribution in [2.45, 2.75) is 25.9 Å². The highest BCUT2D eigenvalue weighted by Gasteiger charge is 2.55. The Morgan fingerprint density at radius 3 is 1.83 bits per heavy atom. The molecule has 1 fully saturated rings. The molecule has 124 valence electrons. The molecule has 3 N–H and O–H groups in total. The minimum atomic E-state index is -0.835. The normalized spacial score (nSPS) is 15.8. The molecule has 2 aromatic carbocycles. The number of nitrogens with zero attached hydrogens (tertiary/aromatic N) is 2. The largest absolute Gasteiger partial charge is 0.409 e. The van der Waals surface area contributed by atoms with Crippen LogP contribution in [0.15, 0.2) is 65.8 Å². The third-order valence-corrected chi connectivity index (χ3v) is 4.48. The van der Waals surface area contributed by atoms with E-state index in [0.717, 1.165) is 11.1 Å². The van der Waals surface area contributed by atoms with Crippen LogP contribution >= 0.6 is 0 Å². The van der Waals surface area contributed by atoms with Gasteiger partial charge in [-0.25, -0.2) is 0 Å². The Morgan fingerprint density at radius 2 is 1.46 bits per heavy atom. The Kier molecular flexibility index (Phi) is 4.51. The molecule has 0 atom stereocenters. The number of carbonyl (C=O) groups excluding carboxylic acids is 1. The van der Waals surface area contributed by atoms with E-state index in [1.807, 2.05) is 60.7 Å². The Labute approximate surface area is 141 Å². The lowest BCUT2D eigenvalue weighted by Crippen LogP contribution is -2.43. The molecule has 0 heterocycles. The van der Waals surface area contributed by atoms with Gasteiger partial charge in [-0.15, -0.1) is 0 Å². The van der Waals surface area contributed by atoms with Crippen molar-refractivity contribution in [2.24, 2.45) is 16.3 Å². The van der Waals surface area contributed by atoms with Gasteiger partial charge in [-0.2, -0.15) is 0 Å². The van der Waals surface area contributed by atoms with Gasteiger partial charge >= 0.3 is 0 Å². The van der Waals surface area contributed by atoms with Crippen molar-refractivity contribution in [3.63, 3.8) is 0 Å². The molecular formula is C19H21N3O2. The molecule has 2 aromatic rings. The van der Waals surface area contributed by atoms with Gasteiger partial charge < -0.3 is 15.8 Å². The highest BCUT2D eigenvalue weighted by molar-refractivity contribution is 6.09. The molecule has 0 radical (unpaired) electrons. The fourth-order valence-corrected chi connectivity index (χ4v) is 2.91. The molecule has 24 heavy (non-hydrogen) atoms. The zero-order chi connectivity index (χ0) is 17.0. The standard InChI is InChI=1S/C19H21N3O2/c20-17(21-24)19(11-12-19)18(23)22(13-15-7-3-1-4-8-15)14-16-9-5-2-6-10-16/h1-10,24H,11-14H2,(H2,20,21). The second-order valence-electron chi connectivity index (χ2n) is 6.20. The number of carbonyl (C=O) groups is 1. The number of amides is 1. The van der Waals surface area contributed by atoms with E-state index < -0.39 is 5.41 Å². The number of rotatable bonds is 6. The van der Waals surface area contributed by atoms with Crippen molar-refractivity contribution in [1.82, 2.24) is 4.90 Å².